The summed E-state index contributed by atoms with van der Waals surface area (Å²) in [5.41, 5.74) is -3.62. The van der Waals surface area contributed by atoms with E-state index in [-0.39, 0.29) is 16.7 Å². The molecule has 2 heterocycles. The van der Waals surface area contributed by atoms with Crippen molar-refractivity contribution in [2.75, 3.05) is 0 Å². The van der Waals surface area contributed by atoms with E-state index in [1.165, 1.54) is 0 Å². The van der Waals surface area contributed by atoms with Crippen LogP contribution in [0.15, 0.2) is 61.1 Å². The maximum Gasteiger partial charge on any atom is 0.418 e. The van der Waals surface area contributed by atoms with Crippen molar-refractivity contribution in [3.8, 4) is 0 Å². The fraction of sp³-hybridized carbons (Fsp3) is 0.143. The molecule has 3 rings (SSSR count). The first-order valence-corrected chi connectivity index (χ1v) is 9.06. The summed E-state index contributed by atoms with van der Waals surface area (Å²) in [7, 11) is 0. The first kappa shape index (κ1) is 23.7. The van der Waals surface area contributed by atoms with Crippen molar-refractivity contribution >= 4 is 11.9 Å². The molecule has 172 valence electrons. The van der Waals surface area contributed by atoms with Crippen molar-refractivity contribution < 1.29 is 41.0 Å². The summed E-state index contributed by atoms with van der Waals surface area (Å²) in [4.78, 5) is 31.2. The quantitative estimate of drug-likeness (QED) is 0.527. The lowest BCUT2D eigenvalue weighted by molar-refractivity contribution is -0.139. The van der Waals surface area contributed by atoms with Gasteiger partial charge in [0, 0.05) is 18.6 Å². The number of carboxylic acid groups (broad SMARTS) is 1. The Morgan fingerprint density at radius 1 is 0.909 bits per heavy atom. The number of amides is 1. The number of pyridine rings is 2. The first-order chi connectivity index (χ1) is 15.4. The average Bonchev–Trinajstić information content (AvgIpc) is 2.76. The summed E-state index contributed by atoms with van der Waals surface area (Å²) in [6, 6.07) is 4.28. The minimum atomic E-state index is -4.87. The Labute approximate surface area is 181 Å². The van der Waals surface area contributed by atoms with Crippen LogP contribution in [0.25, 0.3) is 0 Å². The molecule has 0 bridgehead atoms. The van der Waals surface area contributed by atoms with Gasteiger partial charge < -0.3 is 10.4 Å². The molecule has 2 aromatic heterocycles. The molecule has 1 aromatic carbocycles. The van der Waals surface area contributed by atoms with Gasteiger partial charge in [-0.15, -0.1) is 0 Å². The van der Waals surface area contributed by atoms with Gasteiger partial charge in [0.2, 0.25) is 0 Å². The van der Waals surface area contributed by atoms with Crippen LogP contribution in [-0.4, -0.2) is 27.0 Å². The van der Waals surface area contributed by atoms with E-state index in [0.29, 0.717) is 12.1 Å². The molecule has 33 heavy (non-hydrogen) atoms. The van der Waals surface area contributed by atoms with Crippen LogP contribution in [0.2, 0.25) is 0 Å². The highest BCUT2D eigenvalue weighted by Crippen LogP contribution is 2.36. The van der Waals surface area contributed by atoms with Gasteiger partial charge in [0.15, 0.2) is 0 Å². The number of carbonyl (C=O) groups excluding carboxylic acids is 1. The topological polar surface area (TPSA) is 92.2 Å². The lowest BCUT2D eigenvalue weighted by Gasteiger charge is -2.23. The average molecular weight is 469 g/mol. The smallest absolute Gasteiger partial charge is 0.418 e. The van der Waals surface area contributed by atoms with Crippen molar-refractivity contribution in [3.63, 3.8) is 0 Å². The lowest BCUT2D eigenvalue weighted by atomic mass is 9.97. The van der Waals surface area contributed by atoms with Crippen LogP contribution in [0, 0.1) is 0 Å². The summed E-state index contributed by atoms with van der Waals surface area (Å²) < 4.78 is 79.4. The van der Waals surface area contributed by atoms with Gasteiger partial charge >= 0.3 is 18.3 Å². The predicted octanol–water partition coefficient (Wildman–Crippen LogP) is 4.73. The standard InChI is InChI=1S/C21H13F6N3O3/c22-20(23,24)14-5-3-11(4-6-14)16(17-15(21(25,26)27)2-1-7-29-17)30-18(31)12-8-13(19(32)33)10-28-9-12/h1-10,16H,(H,30,31)(H,32,33)/t16-/m0/s1. The molecule has 0 fully saturated rings. The first-order valence-electron chi connectivity index (χ1n) is 9.06. The summed E-state index contributed by atoms with van der Waals surface area (Å²) >= 11 is 0. The molecule has 0 saturated carbocycles. The third-order valence-corrected chi connectivity index (χ3v) is 4.51. The van der Waals surface area contributed by atoms with Crippen molar-refractivity contribution in [3.05, 3.63) is 94.6 Å². The number of nitrogens with zero attached hydrogens (tertiary/aromatic N) is 2. The Morgan fingerprint density at radius 2 is 1.55 bits per heavy atom. The van der Waals surface area contributed by atoms with E-state index in [0.717, 1.165) is 48.9 Å². The Balaban J connectivity index is 2.08. The Morgan fingerprint density at radius 3 is 2.12 bits per heavy atom. The van der Waals surface area contributed by atoms with E-state index in [2.05, 4.69) is 15.3 Å². The van der Waals surface area contributed by atoms with E-state index in [1.807, 2.05) is 0 Å². The minimum Gasteiger partial charge on any atom is -0.478 e. The molecular formula is C21H13F6N3O3. The van der Waals surface area contributed by atoms with E-state index >= 15 is 0 Å². The van der Waals surface area contributed by atoms with Crippen LogP contribution in [0.4, 0.5) is 26.3 Å². The molecule has 0 spiro atoms. The summed E-state index contributed by atoms with van der Waals surface area (Å²) in [6.07, 6.45) is -6.55. The zero-order chi connectivity index (χ0) is 24.4. The summed E-state index contributed by atoms with van der Waals surface area (Å²) in [5.74, 6) is -2.39. The van der Waals surface area contributed by atoms with E-state index < -0.39 is 47.1 Å². The van der Waals surface area contributed by atoms with Gasteiger partial charge in [0.25, 0.3) is 5.91 Å². The number of aromatic nitrogens is 2. The number of carboxylic acids is 1. The molecule has 3 aromatic rings. The Kier molecular flexibility index (Phi) is 6.38. The summed E-state index contributed by atoms with van der Waals surface area (Å²) in [6.45, 7) is 0. The highest BCUT2D eigenvalue weighted by Gasteiger charge is 2.37. The Hall–Kier alpha value is -3.96. The van der Waals surface area contributed by atoms with Crippen LogP contribution < -0.4 is 5.32 Å². The number of carbonyl (C=O) groups is 2. The fourth-order valence-electron chi connectivity index (χ4n) is 2.96. The normalized spacial score (nSPS) is 12.8. The number of nitrogens with one attached hydrogen (secondary N) is 1. The van der Waals surface area contributed by atoms with Gasteiger partial charge in [-0.3, -0.25) is 14.8 Å². The monoisotopic (exact) mass is 469 g/mol. The predicted molar refractivity (Wildman–Crippen MR) is 101 cm³/mol. The maximum atomic E-state index is 13.6. The van der Waals surface area contributed by atoms with Gasteiger partial charge in [-0.05, 0) is 35.9 Å². The number of hydrogen-bond acceptors (Lipinski definition) is 4. The zero-order valence-corrected chi connectivity index (χ0v) is 16.3. The molecule has 1 amide bonds. The van der Waals surface area contributed by atoms with E-state index in [4.69, 9.17) is 5.11 Å². The number of aromatic carboxylic acids is 1. The van der Waals surface area contributed by atoms with E-state index in [1.54, 1.807) is 0 Å². The lowest BCUT2D eigenvalue weighted by Crippen LogP contribution is -2.32. The number of rotatable bonds is 5. The molecule has 2 N–H and O–H groups in total. The second-order valence-corrected chi connectivity index (χ2v) is 6.73. The van der Waals surface area contributed by atoms with Crippen LogP contribution in [0.1, 0.15) is 49.1 Å². The molecule has 0 saturated heterocycles. The third kappa shape index (κ3) is 5.45. The molecule has 0 aliphatic carbocycles. The number of alkyl halides is 6. The highest BCUT2D eigenvalue weighted by atomic mass is 19.4. The third-order valence-electron chi connectivity index (χ3n) is 4.51. The van der Waals surface area contributed by atoms with Crippen molar-refractivity contribution in [2.24, 2.45) is 0 Å². The van der Waals surface area contributed by atoms with Gasteiger partial charge in [0.1, 0.15) is 0 Å². The SMILES string of the molecule is O=C(O)c1cncc(C(=O)N[C@@H](c2ccc(C(F)(F)F)cc2)c2ncccc2C(F)(F)F)c1. The second kappa shape index (κ2) is 8.88. The number of halogens is 6. The molecule has 12 heteroatoms. The second-order valence-electron chi connectivity index (χ2n) is 6.73. The van der Waals surface area contributed by atoms with Crippen LogP contribution >= 0.6 is 0 Å². The van der Waals surface area contributed by atoms with Crippen LogP contribution in [0.5, 0.6) is 0 Å². The Bertz CT molecular complexity index is 1180. The van der Waals surface area contributed by atoms with Gasteiger partial charge in [-0.25, -0.2) is 4.79 Å². The number of benzene rings is 1. The van der Waals surface area contributed by atoms with Gasteiger partial charge in [-0.2, -0.15) is 26.3 Å². The molecular weight excluding hydrogens is 456 g/mol. The molecule has 1 atom stereocenters. The molecule has 0 aliphatic heterocycles. The molecule has 0 radical (unpaired) electrons. The van der Waals surface area contributed by atoms with Crippen LogP contribution in [0.3, 0.4) is 0 Å². The largest absolute Gasteiger partial charge is 0.478 e. The van der Waals surface area contributed by atoms with Crippen molar-refractivity contribution in [1.29, 1.82) is 0 Å². The van der Waals surface area contributed by atoms with Gasteiger partial charge in [0.05, 0.1) is 34.0 Å². The molecule has 6 nitrogen and oxygen atoms in total. The zero-order valence-electron chi connectivity index (χ0n) is 16.3. The minimum absolute atomic E-state index is 0.108. The maximum absolute atomic E-state index is 13.6. The van der Waals surface area contributed by atoms with E-state index in [9.17, 15) is 35.9 Å². The van der Waals surface area contributed by atoms with Crippen molar-refractivity contribution in [1.82, 2.24) is 15.3 Å². The van der Waals surface area contributed by atoms with Gasteiger partial charge in [-0.1, -0.05) is 12.1 Å². The highest BCUT2D eigenvalue weighted by molar-refractivity contribution is 5.97. The fourth-order valence-corrected chi connectivity index (χ4v) is 2.96. The van der Waals surface area contributed by atoms with Crippen molar-refractivity contribution in [2.45, 2.75) is 18.4 Å². The molecule has 0 unspecified atom stereocenters. The molecule has 0 aliphatic rings. The number of hydrogen-bond donors (Lipinski definition) is 2. The van der Waals surface area contributed by atoms with Crippen LogP contribution in [-0.2, 0) is 12.4 Å². The summed E-state index contributed by atoms with van der Waals surface area (Å²) in [5, 5.41) is 11.3.